The molecule has 116 valence electrons. The molecule has 2 atom stereocenters. The third-order valence-electron chi connectivity index (χ3n) is 3.62. The predicted octanol–water partition coefficient (Wildman–Crippen LogP) is 3.40. The lowest BCUT2D eigenvalue weighted by Gasteiger charge is -2.24. The van der Waals surface area contributed by atoms with E-state index in [-0.39, 0.29) is 10.9 Å². The Morgan fingerprint density at radius 2 is 1.86 bits per heavy atom. The number of nitrogens with one attached hydrogen (secondary N) is 1. The molecule has 2 unspecified atom stereocenters. The number of amidine groups is 1. The quantitative estimate of drug-likeness (QED) is 0.502. The number of hydrogen-bond donors (Lipinski definition) is 1. The molecule has 21 heavy (non-hydrogen) atoms. The summed E-state index contributed by atoms with van der Waals surface area (Å²) in [6.07, 6.45) is 4.44. The zero-order valence-corrected chi connectivity index (χ0v) is 14.7. The molecule has 1 aliphatic carbocycles. The Hall–Kier alpha value is -0.880. The molecule has 1 saturated carbocycles. The van der Waals surface area contributed by atoms with Crippen LogP contribution >= 0.6 is 15.9 Å². The molecule has 0 aromatic heterocycles. The lowest BCUT2D eigenvalue weighted by molar-refractivity contribution is 0.459. The van der Waals surface area contributed by atoms with Crippen LogP contribution in [-0.2, 0) is 10.0 Å². The Morgan fingerprint density at radius 3 is 2.48 bits per heavy atom. The van der Waals surface area contributed by atoms with Crippen LogP contribution in [0.25, 0.3) is 0 Å². The topological polar surface area (TPSA) is 58.5 Å². The van der Waals surface area contributed by atoms with E-state index in [1.807, 2.05) is 6.92 Å². The molecular weight excluding hydrogens is 352 g/mol. The van der Waals surface area contributed by atoms with E-state index in [1.54, 1.807) is 31.2 Å². The molecular formula is C15H21BrN2O2S. The molecule has 0 amide bonds. The summed E-state index contributed by atoms with van der Waals surface area (Å²) in [7, 11) is -3.54. The zero-order valence-electron chi connectivity index (χ0n) is 12.3. The van der Waals surface area contributed by atoms with Crippen molar-refractivity contribution < 1.29 is 8.42 Å². The molecule has 0 spiro atoms. The minimum Gasteiger partial charge on any atom is -0.268 e. The van der Waals surface area contributed by atoms with Gasteiger partial charge in [-0.15, -0.1) is 0 Å². The molecule has 0 saturated heterocycles. The molecule has 1 N–H and O–H groups in total. The van der Waals surface area contributed by atoms with Gasteiger partial charge in [0.15, 0.2) is 0 Å². The first kappa shape index (κ1) is 16.5. The van der Waals surface area contributed by atoms with Crippen LogP contribution in [0.2, 0.25) is 0 Å². The number of nitrogens with zero attached hydrogens (tertiary/aromatic N) is 1. The maximum Gasteiger partial charge on any atom is 0.262 e. The zero-order chi connectivity index (χ0) is 15.5. The number of alkyl halides is 1. The highest BCUT2D eigenvalue weighted by molar-refractivity contribution is 9.09. The van der Waals surface area contributed by atoms with E-state index < -0.39 is 10.0 Å². The minimum absolute atomic E-state index is 0.152. The Kier molecular flexibility index (Phi) is 5.43. The average Bonchev–Trinajstić information content (AvgIpc) is 2.41. The van der Waals surface area contributed by atoms with Crippen molar-refractivity contribution >= 4 is 31.8 Å². The summed E-state index contributed by atoms with van der Waals surface area (Å²) in [5.74, 6) is 0.451. The van der Waals surface area contributed by atoms with Gasteiger partial charge in [-0.3, -0.25) is 9.71 Å². The SMILES string of the molecule is CC(=NC1CCCCC1Br)NS(=O)(=O)c1ccc(C)cc1. The van der Waals surface area contributed by atoms with Crippen LogP contribution in [0.3, 0.4) is 0 Å². The molecule has 0 bridgehead atoms. The Balaban J connectivity index is 2.10. The van der Waals surface area contributed by atoms with Crippen LogP contribution in [0.15, 0.2) is 34.2 Å². The highest BCUT2D eigenvalue weighted by Gasteiger charge is 2.23. The van der Waals surface area contributed by atoms with Crippen LogP contribution in [0.4, 0.5) is 0 Å². The van der Waals surface area contributed by atoms with Crippen molar-refractivity contribution in [2.75, 3.05) is 0 Å². The molecule has 0 aliphatic heterocycles. The smallest absolute Gasteiger partial charge is 0.262 e. The molecule has 2 rings (SSSR count). The number of sulfonamides is 1. The third-order valence-corrected chi connectivity index (χ3v) is 6.15. The van der Waals surface area contributed by atoms with Crippen molar-refractivity contribution in [3.05, 3.63) is 29.8 Å². The van der Waals surface area contributed by atoms with Crippen LogP contribution in [0, 0.1) is 6.92 Å². The number of rotatable bonds is 3. The fourth-order valence-corrected chi connectivity index (χ4v) is 4.22. The van der Waals surface area contributed by atoms with Gasteiger partial charge in [0.1, 0.15) is 5.84 Å². The highest BCUT2D eigenvalue weighted by atomic mass is 79.9. The summed E-state index contributed by atoms with van der Waals surface area (Å²) >= 11 is 3.63. The molecule has 1 aromatic carbocycles. The predicted molar refractivity (Wildman–Crippen MR) is 89.6 cm³/mol. The van der Waals surface area contributed by atoms with Crippen LogP contribution in [0.1, 0.15) is 38.2 Å². The van der Waals surface area contributed by atoms with Crippen LogP contribution in [0.5, 0.6) is 0 Å². The molecule has 4 nitrogen and oxygen atoms in total. The van der Waals surface area contributed by atoms with Crippen molar-refractivity contribution in [1.29, 1.82) is 0 Å². The van der Waals surface area contributed by atoms with Crippen LogP contribution in [-0.4, -0.2) is 25.1 Å². The van der Waals surface area contributed by atoms with Crippen molar-refractivity contribution in [3.63, 3.8) is 0 Å². The lowest BCUT2D eigenvalue weighted by Crippen LogP contribution is -2.32. The van der Waals surface area contributed by atoms with Gasteiger partial charge in [0.2, 0.25) is 0 Å². The van der Waals surface area contributed by atoms with Gasteiger partial charge in [-0.2, -0.15) is 0 Å². The molecule has 0 heterocycles. The Bertz CT molecular complexity index is 611. The maximum absolute atomic E-state index is 12.3. The number of benzene rings is 1. The highest BCUT2D eigenvalue weighted by Crippen LogP contribution is 2.27. The summed E-state index contributed by atoms with van der Waals surface area (Å²) in [4.78, 5) is 5.13. The standard InChI is InChI=1S/C15H21BrN2O2S/c1-11-7-9-13(10-8-11)21(19,20)18-12(2)17-15-6-4-3-5-14(15)16/h7-10,14-15H,3-6H2,1-2H3,(H,17,18). The van der Waals surface area contributed by atoms with Crippen molar-refractivity contribution in [2.24, 2.45) is 4.99 Å². The summed E-state index contributed by atoms with van der Waals surface area (Å²) < 4.78 is 27.1. The van der Waals surface area contributed by atoms with Gasteiger partial charge in [-0.05, 0) is 38.8 Å². The van der Waals surface area contributed by atoms with Gasteiger partial charge in [-0.1, -0.05) is 46.5 Å². The fourth-order valence-electron chi connectivity index (χ4n) is 2.46. The second-order valence-corrected chi connectivity index (χ2v) is 8.36. The van der Waals surface area contributed by atoms with E-state index in [4.69, 9.17) is 0 Å². The summed E-state index contributed by atoms with van der Waals surface area (Å²) in [5.41, 5.74) is 1.03. The normalized spacial score (nSPS) is 23.9. The Morgan fingerprint density at radius 1 is 1.24 bits per heavy atom. The van der Waals surface area contributed by atoms with E-state index in [2.05, 4.69) is 25.6 Å². The third kappa shape index (κ3) is 4.54. The van der Waals surface area contributed by atoms with Gasteiger partial charge >= 0.3 is 0 Å². The summed E-state index contributed by atoms with van der Waals surface area (Å²) in [6, 6.07) is 6.95. The summed E-state index contributed by atoms with van der Waals surface area (Å²) in [6.45, 7) is 3.63. The molecule has 1 fully saturated rings. The van der Waals surface area contributed by atoms with Crippen molar-refractivity contribution in [3.8, 4) is 0 Å². The average molecular weight is 373 g/mol. The molecule has 6 heteroatoms. The fraction of sp³-hybridized carbons (Fsp3) is 0.533. The van der Waals surface area contributed by atoms with Gasteiger partial charge in [-0.25, -0.2) is 8.42 Å². The number of hydrogen-bond acceptors (Lipinski definition) is 3. The van der Waals surface area contributed by atoms with Crippen molar-refractivity contribution in [1.82, 2.24) is 4.72 Å². The first-order chi connectivity index (χ1) is 9.88. The second kappa shape index (κ2) is 6.92. The lowest BCUT2D eigenvalue weighted by atomic mass is 9.96. The van der Waals surface area contributed by atoms with E-state index in [0.29, 0.717) is 10.7 Å². The number of aryl methyl sites for hydroxylation is 1. The monoisotopic (exact) mass is 372 g/mol. The van der Waals surface area contributed by atoms with Gasteiger partial charge in [0, 0.05) is 4.83 Å². The number of aliphatic imine (C=N–C) groups is 1. The van der Waals surface area contributed by atoms with Crippen LogP contribution < -0.4 is 4.72 Å². The van der Waals surface area contributed by atoms with E-state index in [0.717, 1.165) is 24.8 Å². The molecule has 0 radical (unpaired) electrons. The van der Waals surface area contributed by atoms with Gasteiger partial charge in [0.05, 0.1) is 10.9 Å². The summed E-state index contributed by atoms with van der Waals surface area (Å²) in [5, 5.41) is 0. The molecule has 1 aromatic rings. The van der Waals surface area contributed by atoms with E-state index in [9.17, 15) is 8.42 Å². The van der Waals surface area contributed by atoms with Gasteiger partial charge < -0.3 is 0 Å². The minimum atomic E-state index is -3.54. The first-order valence-electron chi connectivity index (χ1n) is 7.16. The van der Waals surface area contributed by atoms with Gasteiger partial charge in [0.25, 0.3) is 10.0 Å². The molecule has 1 aliphatic rings. The Labute approximate surface area is 135 Å². The van der Waals surface area contributed by atoms with E-state index >= 15 is 0 Å². The largest absolute Gasteiger partial charge is 0.268 e. The maximum atomic E-state index is 12.3. The number of halogens is 1. The second-order valence-electron chi connectivity index (χ2n) is 5.50. The first-order valence-corrected chi connectivity index (χ1v) is 9.56. The van der Waals surface area contributed by atoms with Crippen molar-refractivity contribution in [2.45, 2.75) is 55.3 Å². The van der Waals surface area contributed by atoms with E-state index in [1.165, 1.54) is 6.42 Å².